The summed E-state index contributed by atoms with van der Waals surface area (Å²) in [6.45, 7) is 2.79. The smallest absolute Gasteiger partial charge is 0.328 e. The first-order valence-corrected chi connectivity index (χ1v) is 4.68. The second-order valence-electron chi connectivity index (χ2n) is 4.08. The fourth-order valence-electron chi connectivity index (χ4n) is 1.26. The van der Waals surface area contributed by atoms with Crippen LogP contribution in [0.1, 0.15) is 26.7 Å². The maximum atomic E-state index is 11.5. The predicted octanol–water partition coefficient (Wildman–Crippen LogP) is -0.756. The van der Waals surface area contributed by atoms with Crippen LogP contribution in [0, 0.1) is 0 Å². The maximum absolute atomic E-state index is 11.5. The molecule has 1 heterocycles. The van der Waals surface area contributed by atoms with Crippen molar-refractivity contribution in [2.75, 3.05) is 0 Å². The van der Waals surface area contributed by atoms with Crippen LogP contribution in [0.3, 0.4) is 0 Å². The number of hydrogen-bond donors (Lipinski definition) is 3. The van der Waals surface area contributed by atoms with Gasteiger partial charge in [-0.25, -0.2) is 4.79 Å². The van der Waals surface area contributed by atoms with E-state index in [1.165, 1.54) is 13.8 Å². The van der Waals surface area contributed by atoms with Crippen molar-refractivity contribution in [2.45, 2.75) is 38.3 Å². The van der Waals surface area contributed by atoms with Crippen molar-refractivity contribution in [2.24, 2.45) is 0 Å². The molecular formula is C9H14N2O4. The number of nitrogens with one attached hydrogen (secondary N) is 2. The molecule has 0 aliphatic carbocycles. The zero-order valence-corrected chi connectivity index (χ0v) is 8.66. The van der Waals surface area contributed by atoms with E-state index in [4.69, 9.17) is 5.11 Å². The van der Waals surface area contributed by atoms with E-state index in [-0.39, 0.29) is 5.91 Å². The predicted molar refractivity (Wildman–Crippen MR) is 51.0 cm³/mol. The summed E-state index contributed by atoms with van der Waals surface area (Å²) in [5.74, 6) is -1.74. The lowest BCUT2D eigenvalue weighted by atomic mass is 10.1. The van der Waals surface area contributed by atoms with Crippen LogP contribution in [-0.4, -0.2) is 34.5 Å². The van der Waals surface area contributed by atoms with Gasteiger partial charge in [0.05, 0.1) is 0 Å². The van der Waals surface area contributed by atoms with Gasteiger partial charge in [0.1, 0.15) is 11.6 Å². The summed E-state index contributed by atoms with van der Waals surface area (Å²) in [5.41, 5.74) is -1.32. The highest BCUT2D eigenvalue weighted by Gasteiger charge is 2.34. The average Bonchev–Trinajstić information content (AvgIpc) is 2.50. The first kappa shape index (κ1) is 11.5. The number of hydrogen-bond acceptors (Lipinski definition) is 3. The Morgan fingerprint density at radius 1 is 1.53 bits per heavy atom. The summed E-state index contributed by atoms with van der Waals surface area (Å²) in [6.07, 6.45) is 0.728. The number of carboxylic acids is 1. The summed E-state index contributed by atoms with van der Waals surface area (Å²) < 4.78 is 0. The zero-order chi connectivity index (χ0) is 11.6. The summed E-state index contributed by atoms with van der Waals surface area (Å²) in [5, 5.41) is 13.6. The van der Waals surface area contributed by atoms with Crippen LogP contribution < -0.4 is 10.6 Å². The van der Waals surface area contributed by atoms with E-state index in [1.54, 1.807) is 0 Å². The maximum Gasteiger partial charge on any atom is 0.328 e. The highest BCUT2D eigenvalue weighted by Crippen LogP contribution is 2.09. The molecule has 1 atom stereocenters. The molecule has 0 aromatic heterocycles. The number of aliphatic carboxylic acids is 1. The lowest BCUT2D eigenvalue weighted by Crippen LogP contribution is -2.54. The standard InChI is InChI=1S/C9H14N2O4/c1-9(2,8(14)15)11-7(13)5-3-4-6(12)10-5/h5H,3-4H2,1-2H3,(H,10,12)(H,11,13)(H,14,15). The minimum absolute atomic E-state index is 0.178. The van der Waals surface area contributed by atoms with Gasteiger partial charge in [-0.15, -0.1) is 0 Å². The molecule has 1 aliphatic rings. The summed E-state index contributed by atoms with van der Waals surface area (Å²) >= 11 is 0. The number of rotatable bonds is 3. The lowest BCUT2D eigenvalue weighted by Gasteiger charge is -2.23. The number of carboxylic acid groups (broad SMARTS) is 1. The third kappa shape index (κ3) is 2.68. The Labute approximate surface area is 87.0 Å². The van der Waals surface area contributed by atoms with E-state index in [9.17, 15) is 14.4 Å². The molecule has 0 aromatic carbocycles. The van der Waals surface area contributed by atoms with Gasteiger partial charge in [0.25, 0.3) is 0 Å². The average molecular weight is 214 g/mol. The van der Waals surface area contributed by atoms with Gasteiger partial charge in [-0.05, 0) is 20.3 Å². The van der Waals surface area contributed by atoms with Crippen LogP contribution in [0.5, 0.6) is 0 Å². The molecule has 1 unspecified atom stereocenters. The van der Waals surface area contributed by atoms with Gasteiger partial charge in [0.15, 0.2) is 0 Å². The molecule has 15 heavy (non-hydrogen) atoms. The van der Waals surface area contributed by atoms with Crippen LogP contribution >= 0.6 is 0 Å². The van der Waals surface area contributed by atoms with Crippen LogP contribution in [0.15, 0.2) is 0 Å². The van der Waals surface area contributed by atoms with Crippen molar-refractivity contribution < 1.29 is 19.5 Å². The van der Waals surface area contributed by atoms with Gasteiger partial charge >= 0.3 is 5.97 Å². The van der Waals surface area contributed by atoms with Crippen molar-refractivity contribution in [3.05, 3.63) is 0 Å². The third-order valence-corrected chi connectivity index (χ3v) is 2.28. The summed E-state index contributed by atoms with van der Waals surface area (Å²) in [7, 11) is 0. The van der Waals surface area contributed by atoms with Crippen LogP contribution in [-0.2, 0) is 14.4 Å². The van der Waals surface area contributed by atoms with E-state index >= 15 is 0 Å². The number of carbonyl (C=O) groups excluding carboxylic acids is 2. The molecule has 1 fully saturated rings. The van der Waals surface area contributed by atoms with Crippen LogP contribution in [0.4, 0.5) is 0 Å². The highest BCUT2D eigenvalue weighted by atomic mass is 16.4. The molecule has 3 N–H and O–H groups in total. The Morgan fingerprint density at radius 2 is 2.13 bits per heavy atom. The molecule has 6 heteroatoms. The Hall–Kier alpha value is -1.59. The molecule has 1 saturated heterocycles. The molecule has 6 nitrogen and oxygen atoms in total. The minimum Gasteiger partial charge on any atom is -0.480 e. The first-order chi connectivity index (χ1) is 6.83. The molecule has 0 spiro atoms. The van der Waals surface area contributed by atoms with Crippen molar-refractivity contribution >= 4 is 17.8 Å². The molecule has 0 saturated carbocycles. The second-order valence-corrected chi connectivity index (χ2v) is 4.08. The summed E-state index contributed by atoms with van der Waals surface area (Å²) in [4.78, 5) is 33.1. The molecule has 0 bridgehead atoms. The number of carbonyl (C=O) groups is 3. The fourth-order valence-corrected chi connectivity index (χ4v) is 1.26. The van der Waals surface area contributed by atoms with Crippen molar-refractivity contribution in [1.29, 1.82) is 0 Å². The molecule has 1 aliphatic heterocycles. The van der Waals surface area contributed by atoms with Crippen molar-refractivity contribution in [1.82, 2.24) is 10.6 Å². The van der Waals surface area contributed by atoms with Gasteiger partial charge in [-0.2, -0.15) is 0 Å². The van der Waals surface area contributed by atoms with E-state index < -0.39 is 23.5 Å². The second kappa shape index (κ2) is 3.88. The fraction of sp³-hybridized carbons (Fsp3) is 0.667. The molecule has 1 rings (SSSR count). The zero-order valence-electron chi connectivity index (χ0n) is 8.66. The Bertz CT molecular complexity index is 311. The lowest BCUT2D eigenvalue weighted by molar-refractivity contribution is -0.146. The van der Waals surface area contributed by atoms with Crippen molar-refractivity contribution in [3.8, 4) is 0 Å². The van der Waals surface area contributed by atoms with Crippen LogP contribution in [0.2, 0.25) is 0 Å². The van der Waals surface area contributed by atoms with Gasteiger partial charge in [0, 0.05) is 6.42 Å². The molecule has 0 aromatic rings. The van der Waals surface area contributed by atoms with Gasteiger partial charge in [-0.3, -0.25) is 9.59 Å². The Morgan fingerprint density at radius 3 is 2.53 bits per heavy atom. The van der Waals surface area contributed by atoms with Crippen molar-refractivity contribution in [3.63, 3.8) is 0 Å². The topological polar surface area (TPSA) is 95.5 Å². The first-order valence-electron chi connectivity index (χ1n) is 4.68. The van der Waals surface area contributed by atoms with Gasteiger partial charge in [-0.1, -0.05) is 0 Å². The largest absolute Gasteiger partial charge is 0.480 e. The Kier molecular flexibility index (Phi) is 2.97. The minimum atomic E-state index is -1.32. The Balaban J connectivity index is 2.56. The van der Waals surface area contributed by atoms with E-state index in [0.717, 1.165) is 0 Å². The van der Waals surface area contributed by atoms with Gasteiger partial charge < -0.3 is 15.7 Å². The molecule has 84 valence electrons. The van der Waals surface area contributed by atoms with E-state index in [1.807, 2.05) is 0 Å². The quantitative estimate of drug-likeness (QED) is 0.575. The third-order valence-electron chi connectivity index (χ3n) is 2.28. The number of amides is 2. The normalized spacial score (nSPS) is 20.9. The van der Waals surface area contributed by atoms with E-state index in [0.29, 0.717) is 12.8 Å². The van der Waals surface area contributed by atoms with E-state index in [2.05, 4.69) is 10.6 Å². The molecule has 2 amide bonds. The summed E-state index contributed by atoms with van der Waals surface area (Å²) in [6, 6.07) is -0.601. The monoisotopic (exact) mass is 214 g/mol. The SMILES string of the molecule is CC(C)(NC(=O)C1CCC(=O)N1)C(=O)O. The molecule has 0 radical (unpaired) electrons. The van der Waals surface area contributed by atoms with Crippen LogP contribution in [0.25, 0.3) is 0 Å². The molecular weight excluding hydrogens is 200 g/mol. The van der Waals surface area contributed by atoms with Gasteiger partial charge in [0.2, 0.25) is 11.8 Å². The highest BCUT2D eigenvalue weighted by molar-refractivity contribution is 5.93.